The molecule has 1 amide bonds. The molecule has 2 aromatic rings. The smallest absolute Gasteiger partial charge is 0.243 e. The van der Waals surface area contributed by atoms with Crippen LogP contribution >= 0.6 is 0 Å². The van der Waals surface area contributed by atoms with Gasteiger partial charge in [0.25, 0.3) is 0 Å². The summed E-state index contributed by atoms with van der Waals surface area (Å²) in [5.74, 6) is 0.266. The number of aromatic nitrogens is 1. The molecule has 0 spiro atoms. The number of nitrogens with zero attached hydrogens (tertiary/aromatic N) is 2. The second-order valence-corrected chi connectivity index (χ2v) is 8.76. The summed E-state index contributed by atoms with van der Waals surface area (Å²) in [6.07, 6.45) is 11.2. The topological polar surface area (TPSA) is 46.5 Å². The van der Waals surface area contributed by atoms with Crippen LogP contribution in [0.5, 0.6) is 0 Å². The van der Waals surface area contributed by atoms with Gasteiger partial charge in [-0.15, -0.1) is 0 Å². The fourth-order valence-electron chi connectivity index (χ4n) is 4.63. The highest BCUT2D eigenvalue weighted by Gasteiger charge is 2.32. The van der Waals surface area contributed by atoms with Crippen molar-refractivity contribution in [3.63, 3.8) is 0 Å². The highest BCUT2D eigenvalue weighted by atomic mass is 16.5. The number of likely N-dealkylation sites (N-methyl/N-ethyl adjacent to an activating group) is 1. The largest absolute Gasteiger partial charge is 0.383 e. The number of hydrogen-bond acceptors (Lipinski definition) is 3. The Hall–Kier alpha value is -2.27. The molecule has 164 valence electrons. The van der Waals surface area contributed by atoms with E-state index in [9.17, 15) is 4.79 Å². The number of unbranched alkanes of at least 4 members (excludes halogenated alkanes) is 2. The maximum atomic E-state index is 13.1. The van der Waals surface area contributed by atoms with Crippen molar-refractivity contribution in [2.24, 2.45) is 5.92 Å². The molecule has 0 saturated heterocycles. The zero-order valence-electron chi connectivity index (χ0n) is 19.1. The molecule has 5 nitrogen and oxygen atoms in total. The molecule has 0 radical (unpaired) electrons. The second-order valence-electron chi connectivity index (χ2n) is 8.76. The first-order chi connectivity index (χ1) is 14.5. The Bertz CT molecular complexity index is 884. The van der Waals surface area contributed by atoms with Gasteiger partial charge in [0, 0.05) is 38.0 Å². The molecule has 3 rings (SSSR count). The third-order valence-electron chi connectivity index (χ3n) is 6.03. The molecule has 1 aromatic heterocycles. The Balaban J connectivity index is 2.07. The molecule has 5 heteroatoms. The molecule has 0 unspecified atom stereocenters. The van der Waals surface area contributed by atoms with Gasteiger partial charge < -0.3 is 19.5 Å². The maximum absolute atomic E-state index is 13.1. The third-order valence-corrected chi connectivity index (χ3v) is 6.03. The summed E-state index contributed by atoms with van der Waals surface area (Å²) in [6.45, 7) is 7.81. The van der Waals surface area contributed by atoms with Crippen LogP contribution in [0, 0.1) is 5.92 Å². The quantitative estimate of drug-likeness (QED) is 0.513. The average molecular weight is 412 g/mol. The van der Waals surface area contributed by atoms with Crippen molar-refractivity contribution >= 4 is 22.5 Å². The minimum atomic E-state index is -0.224. The molecular weight excluding hydrogens is 374 g/mol. The van der Waals surface area contributed by atoms with Crippen molar-refractivity contribution in [1.29, 1.82) is 0 Å². The lowest BCUT2D eigenvalue weighted by Crippen LogP contribution is -2.52. The molecule has 1 aromatic carbocycles. The van der Waals surface area contributed by atoms with E-state index in [0.29, 0.717) is 6.61 Å². The van der Waals surface area contributed by atoms with Gasteiger partial charge in [0.2, 0.25) is 5.91 Å². The molecule has 1 aliphatic heterocycles. The lowest BCUT2D eigenvalue weighted by atomic mass is 10.0. The van der Waals surface area contributed by atoms with Crippen molar-refractivity contribution in [1.82, 2.24) is 9.88 Å². The number of carbonyl (C=O) groups is 1. The summed E-state index contributed by atoms with van der Waals surface area (Å²) < 4.78 is 7.77. The molecule has 1 aliphatic rings. The summed E-state index contributed by atoms with van der Waals surface area (Å²) in [5, 5.41) is 4.50. The number of rotatable bonds is 8. The fourth-order valence-corrected chi connectivity index (χ4v) is 4.63. The van der Waals surface area contributed by atoms with E-state index in [1.165, 1.54) is 29.3 Å². The maximum Gasteiger partial charge on any atom is 0.243 e. The van der Waals surface area contributed by atoms with Crippen LogP contribution in [-0.4, -0.2) is 43.3 Å². The number of benzene rings is 1. The van der Waals surface area contributed by atoms with Crippen LogP contribution in [-0.2, 0) is 22.5 Å². The van der Waals surface area contributed by atoms with Crippen molar-refractivity contribution in [3.8, 4) is 0 Å². The number of ether oxygens (including phenoxy) is 1. The SMILES string of the molecule is CCCC/C=C/Cn1cc2c3c(cccc31)N(C)[C@@H](C(C)C)C(=O)N[C@H](COC)C2. The molecule has 0 saturated carbocycles. The molecular formula is C25H37N3O2. The molecule has 2 heterocycles. The van der Waals surface area contributed by atoms with Gasteiger partial charge in [0.15, 0.2) is 0 Å². The highest BCUT2D eigenvalue weighted by molar-refractivity contribution is 5.98. The first-order valence-corrected chi connectivity index (χ1v) is 11.3. The Labute approximate surface area is 181 Å². The molecule has 0 fully saturated rings. The lowest BCUT2D eigenvalue weighted by Gasteiger charge is -2.32. The predicted molar refractivity (Wildman–Crippen MR) is 125 cm³/mol. The van der Waals surface area contributed by atoms with Gasteiger partial charge in [-0.2, -0.15) is 0 Å². The van der Waals surface area contributed by atoms with Gasteiger partial charge in [-0.1, -0.05) is 51.8 Å². The summed E-state index contributed by atoms with van der Waals surface area (Å²) in [4.78, 5) is 15.3. The van der Waals surface area contributed by atoms with Crippen LogP contribution in [0.4, 0.5) is 5.69 Å². The normalized spacial score (nSPS) is 19.9. The lowest BCUT2D eigenvalue weighted by molar-refractivity contribution is -0.124. The first-order valence-electron chi connectivity index (χ1n) is 11.3. The van der Waals surface area contributed by atoms with Crippen molar-refractivity contribution in [2.75, 3.05) is 25.7 Å². The van der Waals surface area contributed by atoms with E-state index >= 15 is 0 Å². The summed E-state index contributed by atoms with van der Waals surface area (Å²) in [6, 6.07) is 6.18. The van der Waals surface area contributed by atoms with E-state index in [4.69, 9.17) is 4.74 Å². The van der Waals surface area contributed by atoms with Crippen LogP contribution in [0.1, 0.15) is 45.6 Å². The van der Waals surface area contributed by atoms with Crippen LogP contribution in [0.15, 0.2) is 36.5 Å². The van der Waals surface area contributed by atoms with Crippen molar-refractivity contribution in [3.05, 3.63) is 42.1 Å². The summed E-state index contributed by atoms with van der Waals surface area (Å²) in [5.41, 5.74) is 3.62. The molecule has 0 aliphatic carbocycles. The molecule has 2 atom stereocenters. The zero-order chi connectivity index (χ0) is 21.7. The van der Waals surface area contributed by atoms with E-state index in [0.717, 1.165) is 25.1 Å². The van der Waals surface area contributed by atoms with Crippen LogP contribution in [0.25, 0.3) is 10.9 Å². The second kappa shape index (κ2) is 10.2. The molecule has 1 N–H and O–H groups in total. The van der Waals surface area contributed by atoms with E-state index in [1.807, 2.05) is 7.05 Å². The van der Waals surface area contributed by atoms with E-state index in [-0.39, 0.29) is 23.9 Å². The number of nitrogens with one attached hydrogen (secondary N) is 1. The Kier molecular flexibility index (Phi) is 7.59. The van der Waals surface area contributed by atoms with E-state index in [2.05, 4.69) is 72.1 Å². The minimum absolute atomic E-state index is 0.0394. The van der Waals surface area contributed by atoms with Crippen LogP contribution in [0.2, 0.25) is 0 Å². The van der Waals surface area contributed by atoms with Gasteiger partial charge >= 0.3 is 0 Å². The van der Waals surface area contributed by atoms with E-state index < -0.39 is 0 Å². The summed E-state index contributed by atoms with van der Waals surface area (Å²) in [7, 11) is 3.74. The van der Waals surface area contributed by atoms with Crippen LogP contribution in [0.3, 0.4) is 0 Å². The number of anilines is 1. The molecule has 30 heavy (non-hydrogen) atoms. The van der Waals surface area contributed by atoms with Gasteiger partial charge in [-0.05, 0) is 36.5 Å². The number of amides is 1. The van der Waals surface area contributed by atoms with Gasteiger partial charge in [-0.3, -0.25) is 4.79 Å². The monoisotopic (exact) mass is 411 g/mol. The zero-order valence-corrected chi connectivity index (χ0v) is 19.1. The minimum Gasteiger partial charge on any atom is -0.383 e. The first kappa shape index (κ1) is 22.4. The Morgan fingerprint density at radius 2 is 2.10 bits per heavy atom. The third kappa shape index (κ3) is 4.72. The van der Waals surface area contributed by atoms with Crippen molar-refractivity contribution < 1.29 is 9.53 Å². The Morgan fingerprint density at radius 3 is 2.80 bits per heavy atom. The Morgan fingerprint density at radius 1 is 1.30 bits per heavy atom. The molecule has 0 bridgehead atoms. The standard InChI is InChI=1S/C25H37N3O2/c1-6-7-8-9-10-14-28-16-19-15-20(17-30-5)26-25(29)24(18(2)3)27(4)21-12-11-13-22(28)23(19)21/h9-13,16,18,20,24H,6-8,14-15,17H2,1-5H3,(H,26,29)/b10-9+/t20-,24-/m0/s1. The van der Waals surface area contributed by atoms with Crippen molar-refractivity contribution in [2.45, 2.75) is 65.1 Å². The number of methoxy groups -OCH3 is 1. The van der Waals surface area contributed by atoms with Gasteiger partial charge in [0.05, 0.1) is 18.2 Å². The highest BCUT2D eigenvalue weighted by Crippen LogP contribution is 2.34. The fraction of sp³-hybridized carbons (Fsp3) is 0.560. The van der Waals surface area contributed by atoms with E-state index in [1.54, 1.807) is 7.11 Å². The number of allylic oxidation sites excluding steroid dienone is 2. The number of hydrogen-bond donors (Lipinski definition) is 1. The van der Waals surface area contributed by atoms with Gasteiger partial charge in [-0.25, -0.2) is 0 Å². The van der Waals surface area contributed by atoms with Crippen LogP contribution < -0.4 is 10.2 Å². The predicted octanol–water partition coefficient (Wildman–Crippen LogP) is 4.54. The number of carbonyl (C=O) groups excluding carboxylic acids is 1. The summed E-state index contributed by atoms with van der Waals surface area (Å²) >= 11 is 0. The average Bonchev–Trinajstić information content (AvgIpc) is 3.06. The van der Waals surface area contributed by atoms with Gasteiger partial charge in [0.1, 0.15) is 6.04 Å².